The first-order valence-electron chi connectivity index (χ1n) is 10.6. The second-order valence-corrected chi connectivity index (χ2v) is 8.06. The van der Waals surface area contributed by atoms with Crippen molar-refractivity contribution in [2.24, 2.45) is 0 Å². The highest BCUT2D eigenvalue weighted by atomic mass is 16.5. The van der Waals surface area contributed by atoms with Crippen LogP contribution in [0.4, 0.5) is 11.5 Å². The lowest BCUT2D eigenvalue weighted by Gasteiger charge is -2.30. The summed E-state index contributed by atoms with van der Waals surface area (Å²) in [7, 11) is 0. The number of anilines is 2. The van der Waals surface area contributed by atoms with Crippen molar-refractivity contribution >= 4 is 11.5 Å². The number of aromatic hydroxyl groups is 1. The molecule has 4 aromatic rings. The van der Waals surface area contributed by atoms with Gasteiger partial charge in [-0.1, -0.05) is 18.2 Å². The van der Waals surface area contributed by atoms with Crippen molar-refractivity contribution in [2.75, 3.05) is 11.5 Å². The summed E-state index contributed by atoms with van der Waals surface area (Å²) in [4.78, 5) is 25.1. The Morgan fingerprint density at radius 1 is 1.29 bits per heavy atom. The molecule has 0 saturated carbocycles. The Labute approximate surface area is 194 Å². The Balaban J connectivity index is 1.75. The Hall–Kier alpha value is -4.78. The first-order valence-corrected chi connectivity index (χ1v) is 10.6. The van der Waals surface area contributed by atoms with Crippen molar-refractivity contribution in [2.45, 2.75) is 25.8 Å². The summed E-state index contributed by atoms with van der Waals surface area (Å²) >= 11 is 0. The topological polar surface area (TPSA) is 169 Å². The molecule has 10 heteroatoms. The van der Waals surface area contributed by atoms with Crippen molar-refractivity contribution in [1.29, 1.82) is 5.26 Å². The fourth-order valence-electron chi connectivity index (χ4n) is 4.43. The number of benzene rings is 1. The summed E-state index contributed by atoms with van der Waals surface area (Å²) in [6.45, 7) is 2.13. The number of H-pyrrole nitrogens is 1. The molecule has 1 aromatic carbocycles. The monoisotopic (exact) mass is 455 g/mol. The molecule has 170 valence electrons. The maximum Gasteiger partial charge on any atom is 0.258 e. The van der Waals surface area contributed by atoms with Crippen LogP contribution < -0.4 is 21.8 Å². The average molecular weight is 455 g/mol. The number of imidazole rings is 1. The summed E-state index contributed by atoms with van der Waals surface area (Å²) in [6.07, 6.45) is 3.83. The van der Waals surface area contributed by atoms with Gasteiger partial charge in [-0.2, -0.15) is 10.2 Å². The zero-order valence-electron chi connectivity index (χ0n) is 18.2. The number of ether oxygens (including phenoxy) is 1. The van der Waals surface area contributed by atoms with Crippen LogP contribution in [0, 0.1) is 18.3 Å². The van der Waals surface area contributed by atoms with Gasteiger partial charge in [-0.25, -0.2) is 4.98 Å². The molecule has 1 aliphatic rings. The van der Waals surface area contributed by atoms with Crippen molar-refractivity contribution in [3.05, 3.63) is 86.9 Å². The third kappa shape index (κ3) is 3.22. The minimum Gasteiger partial charge on any atom is -0.507 e. The molecular weight excluding hydrogens is 434 g/mol. The standard InChI is InChI=1S/C24H21N7O3/c1-12-8-16(32)19(24(33)31(12)7-6-13-10-28-11-29-13)18-14-4-2-3-5-17(14)34-23-20(18)21(26)15(9-25)22(27)30-23/h2-5,8,10-11,18,32H,6-7H2,1H3,(H,28,29)(H4,26,27,30). The van der Waals surface area contributed by atoms with Crippen LogP contribution >= 0.6 is 0 Å². The first kappa shape index (κ1) is 21.1. The van der Waals surface area contributed by atoms with E-state index in [4.69, 9.17) is 16.2 Å². The molecule has 0 radical (unpaired) electrons. The third-order valence-electron chi connectivity index (χ3n) is 6.08. The second-order valence-electron chi connectivity index (χ2n) is 8.06. The zero-order valence-corrected chi connectivity index (χ0v) is 18.2. The molecule has 1 atom stereocenters. The van der Waals surface area contributed by atoms with Gasteiger partial charge in [-0.05, 0) is 19.1 Å². The van der Waals surface area contributed by atoms with Crippen LogP contribution in [0.15, 0.2) is 47.7 Å². The summed E-state index contributed by atoms with van der Waals surface area (Å²) in [5.74, 6) is -0.503. The molecule has 4 heterocycles. The molecule has 3 aromatic heterocycles. The number of nitriles is 1. The highest BCUT2D eigenvalue weighted by molar-refractivity contribution is 5.75. The average Bonchev–Trinajstić information content (AvgIpc) is 3.32. The minimum absolute atomic E-state index is 0.00194. The summed E-state index contributed by atoms with van der Waals surface area (Å²) < 4.78 is 7.54. The Bertz CT molecular complexity index is 1520. The van der Waals surface area contributed by atoms with Crippen molar-refractivity contribution in [1.82, 2.24) is 19.5 Å². The predicted octanol–water partition coefficient (Wildman–Crippen LogP) is 2.55. The number of rotatable bonds is 4. The molecule has 1 aliphatic heterocycles. The van der Waals surface area contributed by atoms with Gasteiger partial charge in [0.05, 0.1) is 29.1 Å². The Kier molecular flexibility index (Phi) is 4.94. The molecule has 10 nitrogen and oxygen atoms in total. The van der Waals surface area contributed by atoms with E-state index in [2.05, 4.69) is 15.0 Å². The van der Waals surface area contributed by atoms with Gasteiger partial charge in [0.25, 0.3) is 5.56 Å². The molecule has 1 unspecified atom stereocenters. The molecular formula is C24H21N7O3. The molecule has 0 fully saturated rings. The van der Waals surface area contributed by atoms with E-state index >= 15 is 0 Å². The SMILES string of the molecule is Cc1cc(O)c(C2c3ccccc3Oc3nc(N)c(C#N)c(N)c32)c(=O)n1CCc1cnc[nH]1. The second kappa shape index (κ2) is 7.97. The number of aromatic amines is 1. The van der Waals surface area contributed by atoms with E-state index in [1.54, 1.807) is 54.3 Å². The fourth-order valence-corrected chi connectivity index (χ4v) is 4.43. The van der Waals surface area contributed by atoms with Crippen LogP contribution in [-0.4, -0.2) is 24.6 Å². The summed E-state index contributed by atoms with van der Waals surface area (Å²) in [6, 6.07) is 10.6. The zero-order chi connectivity index (χ0) is 24.0. The molecule has 0 saturated heterocycles. The molecule has 0 spiro atoms. The van der Waals surface area contributed by atoms with Crippen molar-refractivity contribution in [3.8, 4) is 23.4 Å². The maximum atomic E-state index is 13.8. The van der Waals surface area contributed by atoms with E-state index in [-0.39, 0.29) is 39.8 Å². The Morgan fingerprint density at radius 3 is 2.82 bits per heavy atom. The minimum atomic E-state index is -0.813. The van der Waals surface area contributed by atoms with Crippen molar-refractivity contribution < 1.29 is 9.84 Å². The number of pyridine rings is 2. The highest BCUT2D eigenvalue weighted by Crippen LogP contribution is 2.50. The number of hydrogen-bond acceptors (Lipinski definition) is 8. The molecule has 6 N–H and O–H groups in total. The van der Waals surface area contributed by atoms with E-state index in [0.29, 0.717) is 35.5 Å². The van der Waals surface area contributed by atoms with Crippen LogP contribution in [-0.2, 0) is 13.0 Å². The Morgan fingerprint density at radius 2 is 2.09 bits per heavy atom. The number of hydrogen-bond donors (Lipinski definition) is 4. The van der Waals surface area contributed by atoms with Gasteiger partial charge in [0, 0.05) is 36.1 Å². The lowest BCUT2D eigenvalue weighted by Crippen LogP contribution is -2.30. The van der Waals surface area contributed by atoms with Gasteiger partial charge in [0.2, 0.25) is 5.88 Å². The van der Waals surface area contributed by atoms with E-state index in [0.717, 1.165) is 5.69 Å². The lowest BCUT2D eigenvalue weighted by atomic mass is 9.82. The number of nitrogen functional groups attached to an aromatic ring is 2. The number of nitrogens with two attached hydrogens (primary N) is 2. The van der Waals surface area contributed by atoms with Crippen LogP contribution in [0.5, 0.6) is 17.4 Å². The summed E-state index contributed by atoms with van der Waals surface area (Å²) in [5, 5.41) is 20.6. The van der Waals surface area contributed by atoms with Gasteiger partial charge in [-0.3, -0.25) is 4.79 Å². The number of para-hydroxylation sites is 1. The molecule has 5 rings (SSSR count). The number of aryl methyl sites for hydroxylation is 2. The van der Waals surface area contributed by atoms with Gasteiger partial charge in [0.15, 0.2) is 0 Å². The van der Waals surface area contributed by atoms with Crippen LogP contribution in [0.2, 0.25) is 0 Å². The molecule has 0 amide bonds. The van der Waals surface area contributed by atoms with Gasteiger partial charge < -0.3 is 30.9 Å². The molecule has 0 bridgehead atoms. The number of nitrogens with one attached hydrogen (secondary N) is 1. The smallest absolute Gasteiger partial charge is 0.258 e. The van der Waals surface area contributed by atoms with E-state index in [1.165, 1.54) is 0 Å². The lowest BCUT2D eigenvalue weighted by molar-refractivity contribution is 0.426. The highest BCUT2D eigenvalue weighted by Gasteiger charge is 2.37. The largest absolute Gasteiger partial charge is 0.507 e. The first-order chi connectivity index (χ1) is 16.4. The predicted molar refractivity (Wildman–Crippen MR) is 125 cm³/mol. The van der Waals surface area contributed by atoms with Gasteiger partial charge >= 0.3 is 0 Å². The van der Waals surface area contributed by atoms with Gasteiger partial charge in [0.1, 0.15) is 28.9 Å². The quantitative estimate of drug-likeness (QED) is 0.320. The number of nitrogens with zero attached hydrogens (tertiary/aromatic N) is 4. The fraction of sp³-hybridized carbons (Fsp3) is 0.167. The summed E-state index contributed by atoms with van der Waals surface area (Å²) in [5.41, 5.74) is 14.5. The van der Waals surface area contributed by atoms with Crippen LogP contribution in [0.1, 0.15) is 39.6 Å². The molecule has 0 aliphatic carbocycles. The third-order valence-corrected chi connectivity index (χ3v) is 6.08. The maximum absolute atomic E-state index is 13.8. The number of fused-ring (bicyclic) bond motifs is 2. The molecule has 34 heavy (non-hydrogen) atoms. The number of aromatic nitrogens is 4. The van der Waals surface area contributed by atoms with Crippen molar-refractivity contribution in [3.63, 3.8) is 0 Å². The van der Waals surface area contributed by atoms with E-state index in [1.807, 2.05) is 6.07 Å². The normalized spacial score (nSPS) is 14.1. The van der Waals surface area contributed by atoms with Crippen LogP contribution in [0.3, 0.4) is 0 Å². The van der Waals surface area contributed by atoms with E-state index in [9.17, 15) is 15.2 Å². The van der Waals surface area contributed by atoms with Crippen LogP contribution in [0.25, 0.3) is 0 Å². The van der Waals surface area contributed by atoms with Gasteiger partial charge in [-0.15, -0.1) is 0 Å². The van der Waals surface area contributed by atoms with E-state index < -0.39 is 5.92 Å².